The SMILES string of the molecule is CC(C)NN(C)C.Cc1ccccc1S(=O)(=O)O.Cc1ccccc1S(=O)(=O)O. The molecule has 0 amide bonds. The molecule has 0 bridgehead atoms. The van der Waals surface area contributed by atoms with Crippen molar-refractivity contribution in [1.82, 2.24) is 10.4 Å². The van der Waals surface area contributed by atoms with E-state index in [2.05, 4.69) is 19.3 Å². The molecule has 0 fully saturated rings. The van der Waals surface area contributed by atoms with Crippen molar-refractivity contribution >= 4 is 20.2 Å². The van der Waals surface area contributed by atoms with Gasteiger partial charge in [0.25, 0.3) is 20.2 Å². The fraction of sp³-hybridized carbons (Fsp3) is 0.368. The predicted octanol–water partition coefficient (Wildman–Crippen LogP) is 2.94. The van der Waals surface area contributed by atoms with Gasteiger partial charge in [0.05, 0.1) is 9.79 Å². The second-order valence-electron chi connectivity index (χ2n) is 6.66. The molecular formula is C19H30N2O6S2. The average Bonchev–Trinajstić information content (AvgIpc) is 2.53. The Labute approximate surface area is 174 Å². The van der Waals surface area contributed by atoms with Gasteiger partial charge in [-0.3, -0.25) is 19.5 Å². The fourth-order valence-corrected chi connectivity index (χ4v) is 3.66. The molecule has 0 radical (unpaired) electrons. The molecule has 0 atom stereocenters. The maximum atomic E-state index is 10.6. The van der Waals surface area contributed by atoms with E-state index in [0.29, 0.717) is 17.2 Å². The van der Waals surface area contributed by atoms with Crippen LogP contribution in [0.4, 0.5) is 0 Å². The molecule has 10 heteroatoms. The molecule has 8 nitrogen and oxygen atoms in total. The summed E-state index contributed by atoms with van der Waals surface area (Å²) in [6.07, 6.45) is 0. The van der Waals surface area contributed by atoms with Crippen molar-refractivity contribution in [1.29, 1.82) is 0 Å². The third-order valence-corrected chi connectivity index (χ3v) is 5.29. The standard InChI is InChI=1S/2C7H8O3S.C5H14N2/c2*1-6-4-2-3-5-7(6)11(8,9)10;1-5(2)6-7(3)4/h2*2-5H,1H3,(H,8,9,10);5-6H,1-4H3. The molecular weight excluding hydrogens is 416 g/mol. The Morgan fingerprint density at radius 3 is 1.21 bits per heavy atom. The lowest BCUT2D eigenvalue weighted by atomic mass is 10.2. The summed E-state index contributed by atoms with van der Waals surface area (Å²) in [5, 5.41) is 1.95. The molecule has 2 rings (SSSR count). The van der Waals surface area contributed by atoms with Crippen molar-refractivity contribution in [3.63, 3.8) is 0 Å². The number of rotatable bonds is 4. The molecule has 0 aliphatic carbocycles. The molecule has 0 saturated heterocycles. The van der Waals surface area contributed by atoms with E-state index >= 15 is 0 Å². The van der Waals surface area contributed by atoms with E-state index in [1.54, 1.807) is 50.2 Å². The number of nitrogens with zero attached hydrogens (tertiary/aromatic N) is 1. The molecule has 2 aromatic carbocycles. The molecule has 0 unspecified atom stereocenters. The van der Waals surface area contributed by atoms with Crippen molar-refractivity contribution in [2.24, 2.45) is 0 Å². The van der Waals surface area contributed by atoms with Gasteiger partial charge in [0.15, 0.2) is 0 Å². The second-order valence-corrected chi connectivity index (χ2v) is 9.44. The van der Waals surface area contributed by atoms with E-state index in [1.807, 2.05) is 19.1 Å². The quantitative estimate of drug-likeness (QED) is 0.484. The van der Waals surface area contributed by atoms with Crippen molar-refractivity contribution in [3.05, 3.63) is 59.7 Å². The Morgan fingerprint density at radius 1 is 0.759 bits per heavy atom. The van der Waals surface area contributed by atoms with Gasteiger partial charge < -0.3 is 0 Å². The summed E-state index contributed by atoms with van der Waals surface area (Å²) in [6.45, 7) is 7.48. The fourth-order valence-electron chi connectivity index (χ4n) is 2.21. The summed E-state index contributed by atoms with van der Waals surface area (Å²) < 4.78 is 59.7. The summed E-state index contributed by atoms with van der Waals surface area (Å²) in [6, 6.07) is 13.1. The lowest BCUT2D eigenvalue weighted by molar-refractivity contribution is 0.259. The van der Waals surface area contributed by atoms with E-state index in [4.69, 9.17) is 9.11 Å². The van der Waals surface area contributed by atoms with E-state index in [9.17, 15) is 16.8 Å². The molecule has 0 saturated carbocycles. The first-order valence-electron chi connectivity index (χ1n) is 8.66. The highest BCUT2D eigenvalue weighted by Gasteiger charge is 2.11. The van der Waals surface area contributed by atoms with Crippen LogP contribution in [-0.2, 0) is 20.2 Å². The Kier molecular flexibility index (Phi) is 11.3. The molecule has 0 heterocycles. The van der Waals surface area contributed by atoms with Crippen LogP contribution in [0.5, 0.6) is 0 Å². The monoisotopic (exact) mass is 446 g/mol. The molecule has 164 valence electrons. The smallest absolute Gasteiger partial charge is 0.282 e. The topological polar surface area (TPSA) is 124 Å². The zero-order valence-corrected chi connectivity index (χ0v) is 19.1. The van der Waals surface area contributed by atoms with E-state index < -0.39 is 20.2 Å². The first-order valence-corrected chi connectivity index (χ1v) is 11.5. The Balaban J connectivity index is 0.000000419. The maximum Gasteiger partial charge on any atom is 0.294 e. The molecule has 3 N–H and O–H groups in total. The Bertz CT molecular complexity index is 892. The first kappa shape index (κ1) is 27.2. The molecule has 29 heavy (non-hydrogen) atoms. The van der Waals surface area contributed by atoms with Gasteiger partial charge >= 0.3 is 0 Å². The lowest BCUT2D eigenvalue weighted by Gasteiger charge is -2.14. The predicted molar refractivity (Wildman–Crippen MR) is 114 cm³/mol. The van der Waals surface area contributed by atoms with Crippen molar-refractivity contribution < 1.29 is 25.9 Å². The average molecular weight is 447 g/mol. The highest BCUT2D eigenvalue weighted by atomic mass is 32.2. The van der Waals surface area contributed by atoms with E-state index in [-0.39, 0.29) is 9.79 Å². The Hall–Kier alpha value is -1.82. The van der Waals surface area contributed by atoms with Crippen LogP contribution in [-0.4, -0.2) is 51.1 Å². The van der Waals surface area contributed by atoms with Gasteiger partial charge in [0.2, 0.25) is 0 Å². The van der Waals surface area contributed by atoms with Gasteiger partial charge in [-0.25, -0.2) is 0 Å². The number of benzene rings is 2. The van der Waals surface area contributed by atoms with Crippen molar-refractivity contribution in [2.75, 3.05) is 14.1 Å². The van der Waals surface area contributed by atoms with Crippen LogP contribution in [0, 0.1) is 13.8 Å². The summed E-state index contributed by atoms with van der Waals surface area (Å²) in [5.41, 5.74) is 4.24. The highest BCUT2D eigenvalue weighted by Crippen LogP contribution is 2.13. The van der Waals surface area contributed by atoms with Gasteiger partial charge in [0, 0.05) is 20.1 Å². The van der Waals surface area contributed by atoms with Crippen LogP contribution >= 0.6 is 0 Å². The third-order valence-electron chi connectivity index (χ3n) is 3.26. The summed E-state index contributed by atoms with van der Waals surface area (Å²) in [5.74, 6) is 0. The van der Waals surface area contributed by atoms with Crippen LogP contribution < -0.4 is 5.43 Å². The van der Waals surface area contributed by atoms with Gasteiger partial charge in [-0.2, -0.15) is 16.8 Å². The minimum Gasteiger partial charge on any atom is -0.282 e. The zero-order chi connectivity index (χ0) is 22.8. The lowest BCUT2D eigenvalue weighted by Crippen LogP contribution is -2.35. The number of hydrogen-bond acceptors (Lipinski definition) is 6. The number of hydrogen-bond donors (Lipinski definition) is 3. The molecule has 0 aliphatic rings. The highest BCUT2D eigenvalue weighted by molar-refractivity contribution is 7.86. The molecule has 0 spiro atoms. The number of hydrazine groups is 1. The van der Waals surface area contributed by atoms with Gasteiger partial charge in [-0.1, -0.05) is 36.4 Å². The first-order chi connectivity index (χ1) is 13.2. The molecule has 2 aromatic rings. The van der Waals surface area contributed by atoms with E-state index in [0.717, 1.165) is 0 Å². The normalized spacial score (nSPS) is 11.4. The number of nitrogens with one attached hydrogen (secondary N) is 1. The van der Waals surface area contributed by atoms with Crippen molar-refractivity contribution in [3.8, 4) is 0 Å². The minimum absolute atomic E-state index is 0.0278. The van der Waals surface area contributed by atoms with Crippen LogP contribution in [0.1, 0.15) is 25.0 Å². The van der Waals surface area contributed by atoms with Crippen LogP contribution in [0.15, 0.2) is 58.3 Å². The second kappa shape index (κ2) is 12.0. The summed E-state index contributed by atoms with van der Waals surface area (Å²) in [4.78, 5) is -0.0556. The third kappa shape index (κ3) is 11.7. The summed E-state index contributed by atoms with van der Waals surface area (Å²) in [7, 11) is -4.09. The van der Waals surface area contributed by atoms with Crippen molar-refractivity contribution in [2.45, 2.75) is 43.5 Å². The zero-order valence-electron chi connectivity index (χ0n) is 17.5. The minimum atomic E-state index is -4.03. The maximum absolute atomic E-state index is 10.6. The molecule has 0 aromatic heterocycles. The van der Waals surface area contributed by atoms with Gasteiger partial charge in [0.1, 0.15) is 0 Å². The van der Waals surface area contributed by atoms with E-state index in [1.165, 1.54) is 12.1 Å². The van der Waals surface area contributed by atoms with Crippen LogP contribution in [0.2, 0.25) is 0 Å². The summed E-state index contributed by atoms with van der Waals surface area (Å²) >= 11 is 0. The molecule has 0 aliphatic heterocycles. The van der Waals surface area contributed by atoms with Crippen LogP contribution in [0.25, 0.3) is 0 Å². The Morgan fingerprint density at radius 2 is 1.07 bits per heavy atom. The van der Waals surface area contributed by atoms with Gasteiger partial charge in [-0.15, -0.1) is 0 Å². The van der Waals surface area contributed by atoms with Gasteiger partial charge in [-0.05, 0) is 51.0 Å². The van der Waals surface area contributed by atoms with Crippen LogP contribution in [0.3, 0.4) is 0 Å². The largest absolute Gasteiger partial charge is 0.294 e. The number of aryl methyl sites for hydroxylation is 2.